The summed E-state index contributed by atoms with van der Waals surface area (Å²) < 4.78 is 0. The van der Waals surface area contributed by atoms with E-state index in [0.29, 0.717) is 32.6 Å². The van der Waals surface area contributed by atoms with Crippen LogP contribution in [0.15, 0.2) is 30.3 Å². The second-order valence-electron chi connectivity index (χ2n) is 5.98. The second kappa shape index (κ2) is 7.57. The number of carbonyl (C=O) groups is 2. The van der Waals surface area contributed by atoms with Crippen molar-refractivity contribution in [2.45, 2.75) is 19.8 Å². The molecule has 2 heterocycles. The van der Waals surface area contributed by atoms with E-state index >= 15 is 0 Å². The summed E-state index contributed by atoms with van der Waals surface area (Å²) in [6.07, 6.45) is 2.06. The molecule has 0 N–H and O–H groups in total. The van der Waals surface area contributed by atoms with Crippen molar-refractivity contribution in [3.63, 3.8) is 0 Å². The zero-order chi connectivity index (χ0) is 16.9. The van der Waals surface area contributed by atoms with Crippen molar-refractivity contribution in [3.05, 3.63) is 51.5 Å². The third-order valence-corrected chi connectivity index (χ3v) is 5.42. The van der Waals surface area contributed by atoms with Crippen molar-refractivity contribution in [1.29, 1.82) is 0 Å². The topological polar surface area (TPSA) is 53.5 Å². The first-order valence-electron chi connectivity index (χ1n) is 8.12. The van der Waals surface area contributed by atoms with E-state index in [-0.39, 0.29) is 5.91 Å². The molecule has 1 saturated heterocycles. The van der Waals surface area contributed by atoms with Gasteiger partial charge in [-0.3, -0.25) is 9.59 Å². The third-order valence-electron chi connectivity index (χ3n) is 4.26. The minimum Gasteiger partial charge on any atom is -0.342 e. The van der Waals surface area contributed by atoms with E-state index in [1.807, 2.05) is 30.0 Å². The average Bonchev–Trinajstić information content (AvgIpc) is 2.95. The molecule has 0 atom stereocenters. The molecule has 3 rings (SSSR count). The molecule has 126 valence electrons. The first kappa shape index (κ1) is 16.6. The van der Waals surface area contributed by atoms with Crippen molar-refractivity contribution in [2.24, 2.45) is 0 Å². The minimum atomic E-state index is 0.124. The highest BCUT2D eigenvalue weighted by molar-refractivity contribution is 7.11. The Morgan fingerprint density at radius 3 is 2.58 bits per heavy atom. The Morgan fingerprint density at radius 2 is 1.92 bits per heavy atom. The molecule has 1 aliphatic rings. The third kappa shape index (κ3) is 4.00. The standard InChI is InChI=1S/C18H21N3O2S/c1-14-16(12-18(23)21-9-7-20(13-22)8-10-21)24-17(19-14)11-15-5-3-2-4-6-15/h2-6,13H,7-12H2,1H3. The van der Waals surface area contributed by atoms with Gasteiger partial charge in [-0.05, 0) is 12.5 Å². The molecule has 24 heavy (non-hydrogen) atoms. The summed E-state index contributed by atoms with van der Waals surface area (Å²) in [5.74, 6) is 0.124. The summed E-state index contributed by atoms with van der Waals surface area (Å²) in [7, 11) is 0. The Bertz CT molecular complexity index is 706. The predicted molar refractivity (Wildman–Crippen MR) is 94.0 cm³/mol. The number of hydrogen-bond donors (Lipinski definition) is 0. The average molecular weight is 343 g/mol. The highest BCUT2D eigenvalue weighted by Crippen LogP contribution is 2.22. The first-order valence-corrected chi connectivity index (χ1v) is 8.93. The SMILES string of the molecule is Cc1nc(Cc2ccccc2)sc1CC(=O)N1CCN(C=O)CC1. The van der Waals surface area contributed by atoms with Gasteiger partial charge in [0.05, 0.1) is 17.1 Å². The molecule has 1 fully saturated rings. The lowest BCUT2D eigenvalue weighted by molar-refractivity contribution is -0.134. The van der Waals surface area contributed by atoms with Crippen LogP contribution in [-0.2, 0) is 22.4 Å². The van der Waals surface area contributed by atoms with Crippen LogP contribution in [0.5, 0.6) is 0 Å². The number of aromatic nitrogens is 1. The van der Waals surface area contributed by atoms with Crippen LogP contribution in [-0.4, -0.2) is 53.3 Å². The van der Waals surface area contributed by atoms with Crippen LogP contribution in [0.3, 0.4) is 0 Å². The summed E-state index contributed by atoms with van der Waals surface area (Å²) in [5.41, 5.74) is 2.18. The fourth-order valence-corrected chi connectivity index (χ4v) is 3.92. The zero-order valence-electron chi connectivity index (χ0n) is 13.8. The molecule has 0 bridgehead atoms. The Hall–Kier alpha value is -2.21. The summed E-state index contributed by atoms with van der Waals surface area (Å²) in [6.45, 7) is 4.45. The van der Waals surface area contributed by atoms with Crippen LogP contribution < -0.4 is 0 Å². The Balaban J connectivity index is 1.61. The Kier molecular flexibility index (Phi) is 5.25. The Morgan fingerprint density at radius 1 is 1.21 bits per heavy atom. The molecule has 0 saturated carbocycles. The first-order chi connectivity index (χ1) is 11.7. The van der Waals surface area contributed by atoms with Gasteiger partial charge in [-0.15, -0.1) is 11.3 Å². The molecule has 6 heteroatoms. The molecular weight excluding hydrogens is 322 g/mol. The van der Waals surface area contributed by atoms with Gasteiger partial charge in [0.2, 0.25) is 12.3 Å². The number of rotatable bonds is 5. The highest BCUT2D eigenvalue weighted by Gasteiger charge is 2.21. The molecule has 0 radical (unpaired) electrons. The summed E-state index contributed by atoms with van der Waals surface area (Å²) in [5, 5.41) is 1.05. The van der Waals surface area contributed by atoms with Gasteiger partial charge in [0.15, 0.2) is 0 Å². The summed E-state index contributed by atoms with van der Waals surface area (Å²) in [4.78, 5) is 32.4. The minimum absolute atomic E-state index is 0.124. The van der Waals surface area contributed by atoms with Crippen LogP contribution in [0.25, 0.3) is 0 Å². The van der Waals surface area contributed by atoms with Crippen LogP contribution in [0.2, 0.25) is 0 Å². The van der Waals surface area contributed by atoms with Crippen molar-refractivity contribution >= 4 is 23.7 Å². The maximum atomic E-state index is 12.5. The molecule has 0 aliphatic carbocycles. The number of piperazine rings is 1. The maximum absolute atomic E-state index is 12.5. The smallest absolute Gasteiger partial charge is 0.228 e. The number of nitrogens with zero attached hydrogens (tertiary/aromatic N) is 3. The molecule has 2 amide bonds. The maximum Gasteiger partial charge on any atom is 0.228 e. The molecule has 2 aromatic rings. The van der Waals surface area contributed by atoms with Gasteiger partial charge < -0.3 is 9.80 Å². The normalized spacial score (nSPS) is 14.7. The zero-order valence-corrected chi connectivity index (χ0v) is 14.6. The van der Waals surface area contributed by atoms with E-state index in [0.717, 1.165) is 28.4 Å². The van der Waals surface area contributed by atoms with Gasteiger partial charge >= 0.3 is 0 Å². The lowest BCUT2D eigenvalue weighted by Gasteiger charge is -2.32. The van der Waals surface area contributed by atoms with Crippen molar-refractivity contribution in [3.8, 4) is 0 Å². The number of amides is 2. The second-order valence-corrected chi connectivity index (χ2v) is 7.15. The van der Waals surface area contributed by atoms with Gasteiger partial charge in [-0.25, -0.2) is 4.98 Å². The molecule has 1 aromatic heterocycles. The monoisotopic (exact) mass is 343 g/mol. The quantitative estimate of drug-likeness (QED) is 0.779. The van der Waals surface area contributed by atoms with Gasteiger partial charge in [0, 0.05) is 37.5 Å². The molecule has 5 nitrogen and oxygen atoms in total. The number of thiazole rings is 1. The van der Waals surface area contributed by atoms with E-state index in [1.165, 1.54) is 5.56 Å². The Labute approximate surface area is 145 Å². The molecule has 1 aromatic carbocycles. The van der Waals surface area contributed by atoms with Gasteiger partial charge in [-0.2, -0.15) is 0 Å². The summed E-state index contributed by atoms with van der Waals surface area (Å²) >= 11 is 1.63. The predicted octanol–water partition coefficient (Wildman–Crippen LogP) is 1.89. The van der Waals surface area contributed by atoms with Crippen LogP contribution >= 0.6 is 11.3 Å². The van der Waals surface area contributed by atoms with Crippen LogP contribution in [0.1, 0.15) is 21.1 Å². The van der Waals surface area contributed by atoms with E-state index < -0.39 is 0 Å². The fourth-order valence-electron chi connectivity index (χ4n) is 2.82. The lowest BCUT2D eigenvalue weighted by Crippen LogP contribution is -2.48. The van der Waals surface area contributed by atoms with Gasteiger partial charge in [-0.1, -0.05) is 30.3 Å². The molecule has 1 aliphatic heterocycles. The number of carbonyl (C=O) groups excluding carboxylic acids is 2. The van der Waals surface area contributed by atoms with Gasteiger partial charge in [0.25, 0.3) is 0 Å². The van der Waals surface area contributed by atoms with E-state index in [2.05, 4.69) is 17.1 Å². The van der Waals surface area contributed by atoms with Crippen LogP contribution in [0, 0.1) is 6.92 Å². The van der Waals surface area contributed by atoms with Crippen molar-refractivity contribution in [2.75, 3.05) is 26.2 Å². The number of hydrogen-bond acceptors (Lipinski definition) is 4. The fraction of sp³-hybridized carbons (Fsp3) is 0.389. The highest BCUT2D eigenvalue weighted by atomic mass is 32.1. The lowest BCUT2D eigenvalue weighted by atomic mass is 10.2. The molecule has 0 unspecified atom stereocenters. The largest absolute Gasteiger partial charge is 0.342 e. The van der Waals surface area contributed by atoms with E-state index in [1.54, 1.807) is 16.2 Å². The van der Waals surface area contributed by atoms with Crippen LogP contribution in [0.4, 0.5) is 0 Å². The number of aryl methyl sites for hydroxylation is 1. The van der Waals surface area contributed by atoms with Gasteiger partial charge in [0.1, 0.15) is 0 Å². The summed E-state index contributed by atoms with van der Waals surface area (Å²) in [6, 6.07) is 10.2. The molecule has 0 spiro atoms. The van der Waals surface area contributed by atoms with E-state index in [9.17, 15) is 9.59 Å². The molecular formula is C18H21N3O2S. The van der Waals surface area contributed by atoms with E-state index in [4.69, 9.17) is 0 Å². The van der Waals surface area contributed by atoms with Crippen molar-refractivity contribution < 1.29 is 9.59 Å². The number of benzene rings is 1. The van der Waals surface area contributed by atoms with Crippen molar-refractivity contribution in [1.82, 2.24) is 14.8 Å².